The highest BCUT2D eigenvalue weighted by atomic mass is 32.2. The van der Waals surface area contributed by atoms with E-state index < -0.39 is 0 Å². The van der Waals surface area contributed by atoms with Crippen LogP contribution in [-0.2, 0) is 0 Å². The first kappa shape index (κ1) is 12.0. The average molecular weight is 272 g/mol. The van der Waals surface area contributed by atoms with Gasteiger partial charge in [-0.2, -0.15) is 0 Å². The number of fused-ring (bicyclic) bond motifs is 1. The van der Waals surface area contributed by atoms with Gasteiger partial charge >= 0.3 is 0 Å². The van der Waals surface area contributed by atoms with Crippen LogP contribution in [0, 0.1) is 13.8 Å². The lowest BCUT2D eigenvalue weighted by molar-refractivity contribution is 0.489. The first-order valence-electron chi connectivity index (χ1n) is 5.77. The Bertz CT molecular complexity index is 720. The van der Waals surface area contributed by atoms with Crippen molar-refractivity contribution in [2.45, 2.75) is 24.1 Å². The summed E-state index contributed by atoms with van der Waals surface area (Å²) in [5.41, 5.74) is 8.28. The Morgan fingerprint density at radius 1 is 1.11 bits per heavy atom. The minimum atomic E-state index is 0.492. The van der Waals surface area contributed by atoms with E-state index in [1.165, 1.54) is 11.8 Å². The second-order valence-corrected chi connectivity index (χ2v) is 5.08. The van der Waals surface area contributed by atoms with Crippen molar-refractivity contribution in [3.05, 3.63) is 35.7 Å². The lowest BCUT2D eigenvalue weighted by atomic mass is 10.3. The number of nitrogens with zero attached hydrogens (tertiary/aromatic N) is 3. The van der Waals surface area contributed by atoms with Gasteiger partial charge in [-0.1, -0.05) is 12.1 Å². The monoisotopic (exact) mass is 272 g/mol. The van der Waals surface area contributed by atoms with Gasteiger partial charge in [0.05, 0.1) is 0 Å². The maximum atomic E-state index is 5.83. The van der Waals surface area contributed by atoms with Gasteiger partial charge in [0.25, 0.3) is 5.22 Å². The van der Waals surface area contributed by atoms with Crippen molar-refractivity contribution in [1.82, 2.24) is 15.0 Å². The number of anilines is 1. The molecule has 0 bridgehead atoms. The van der Waals surface area contributed by atoms with E-state index in [1.54, 1.807) is 0 Å². The van der Waals surface area contributed by atoms with Gasteiger partial charge in [0.1, 0.15) is 22.2 Å². The molecule has 2 N–H and O–H groups in total. The molecule has 0 fully saturated rings. The zero-order chi connectivity index (χ0) is 13.4. The number of oxazole rings is 1. The van der Waals surface area contributed by atoms with Crippen LogP contribution in [0.15, 0.2) is 38.9 Å². The molecule has 3 rings (SSSR count). The Hall–Kier alpha value is -2.08. The Labute approximate surface area is 114 Å². The Balaban J connectivity index is 2.01. The number of hydrogen-bond acceptors (Lipinski definition) is 6. The van der Waals surface area contributed by atoms with Crippen molar-refractivity contribution in [2.24, 2.45) is 0 Å². The van der Waals surface area contributed by atoms with Crippen molar-refractivity contribution in [1.29, 1.82) is 0 Å². The highest BCUT2D eigenvalue weighted by molar-refractivity contribution is 7.99. The van der Waals surface area contributed by atoms with E-state index in [4.69, 9.17) is 10.2 Å². The molecule has 2 heterocycles. The molecule has 0 unspecified atom stereocenters. The second kappa shape index (κ2) is 4.55. The second-order valence-electron chi connectivity index (χ2n) is 4.14. The fraction of sp³-hybridized carbons (Fsp3) is 0.154. The minimum Gasteiger partial charge on any atom is -0.431 e. The van der Waals surface area contributed by atoms with Crippen LogP contribution >= 0.6 is 11.8 Å². The molecule has 0 aliphatic carbocycles. The predicted octanol–water partition coefficient (Wildman–Crippen LogP) is 2.97. The largest absolute Gasteiger partial charge is 0.431 e. The van der Waals surface area contributed by atoms with Crippen LogP contribution in [0.4, 0.5) is 5.82 Å². The topological polar surface area (TPSA) is 77.8 Å². The van der Waals surface area contributed by atoms with E-state index in [2.05, 4.69) is 15.0 Å². The highest BCUT2D eigenvalue weighted by Crippen LogP contribution is 2.31. The minimum absolute atomic E-state index is 0.492. The van der Waals surface area contributed by atoms with Crippen molar-refractivity contribution < 1.29 is 4.42 Å². The number of rotatable bonds is 2. The first-order valence-corrected chi connectivity index (χ1v) is 6.59. The van der Waals surface area contributed by atoms with Gasteiger partial charge in [0.2, 0.25) is 0 Å². The standard InChI is InChI=1S/C13H12N4OS/c1-7-11(14)15-8(2)16-12(7)19-13-17-9-5-3-4-6-10(9)18-13/h3-6H,1-2H3,(H2,14,15,16). The normalized spacial score (nSPS) is 11.1. The molecular weight excluding hydrogens is 260 g/mol. The number of nitrogen functional groups attached to an aromatic ring is 1. The van der Waals surface area contributed by atoms with Gasteiger partial charge in [-0.25, -0.2) is 15.0 Å². The van der Waals surface area contributed by atoms with Gasteiger partial charge in [-0.05, 0) is 37.7 Å². The van der Waals surface area contributed by atoms with Crippen molar-refractivity contribution in [3.8, 4) is 0 Å². The molecule has 5 nitrogen and oxygen atoms in total. The summed E-state index contributed by atoms with van der Waals surface area (Å²) < 4.78 is 5.66. The summed E-state index contributed by atoms with van der Waals surface area (Å²) in [6.45, 7) is 3.70. The lowest BCUT2D eigenvalue weighted by Crippen LogP contribution is -2.01. The predicted molar refractivity (Wildman–Crippen MR) is 74.1 cm³/mol. The average Bonchev–Trinajstić information content (AvgIpc) is 2.77. The third-order valence-corrected chi connectivity index (χ3v) is 3.65. The molecule has 0 saturated carbocycles. The molecule has 2 aromatic heterocycles. The Morgan fingerprint density at radius 3 is 2.68 bits per heavy atom. The van der Waals surface area contributed by atoms with Crippen LogP contribution in [0.2, 0.25) is 0 Å². The fourth-order valence-electron chi connectivity index (χ4n) is 1.70. The van der Waals surface area contributed by atoms with Crippen molar-refractivity contribution >= 4 is 28.7 Å². The van der Waals surface area contributed by atoms with Crippen molar-refractivity contribution in [2.75, 3.05) is 5.73 Å². The van der Waals surface area contributed by atoms with Crippen LogP contribution in [-0.4, -0.2) is 15.0 Å². The molecule has 6 heteroatoms. The van der Waals surface area contributed by atoms with Gasteiger partial charge in [-0.15, -0.1) is 0 Å². The summed E-state index contributed by atoms with van der Waals surface area (Å²) in [5.74, 6) is 1.13. The highest BCUT2D eigenvalue weighted by Gasteiger charge is 2.12. The van der Waals surface area contributed by atoms with Gasteiger partial charge in [0.15, 0.2) is 5.58 Å². The van der Waals surface area contributed by atoms with Crippen molar-refractivity contribution in [3.63, 3.8) is 0 Å². The summed E-state index contributed by atoms with van der Waals surface area (Å²) in [4.78, 5) is 12.9. The molecular formula is C13H12N4OS. The van der Waals surface area contributed by atoms with Gasteiger partial charge in [0, 0.05) is 5.56 Å². The first-order chi connectivity index (χ1) is 9.13. The molecule has 96 valence electrons. The maximum absolute atomic E-state index is 5.83. The number of nitrogens with two attached hydrogens (primary N) is 1. The van der Waals surface area contributed by atoms with E-state index in [0.29, 0.717) is 16.9 Å². The van der Waals surface area contributed by atoms with E-state index >= 15 is 0 Å². The Kier molecular flexibility index (Phi) is 2.87. The molecule has 3 aromatic rings. The molecule has 19 heavy (non-hydrogen) atoms. The number of para-hydroxylation sites is 2. The summed E-state index contributed by atoms with van der Waals surface area (Å²) >= 11 is 1.36. The summed E-state index contributed by atoms with van der Waals surface area (Å²) in [7, 11) is 0. The number of benzene rings is 1. The number of hydrogen-bond donors (Lipinski definition) is 1. The van der Waals surface area contributed by atoms with E-state index in [-0.39, 0.29) is 0 Å². The zero-order valence-corrected chi connectivity index (χ0v) is 11.4. The van der Waals surface area contributed by atoms with E-state index in [9.17, 15) is 0 Å². The number of aromatic nitrogens is 3. The third-order valence-electron chi connectivity index (χ3n) is 2.71. The Morgan fingerprint density at radius 2 is 1.89 bits per heavy atom. The third kappa shape index (κ3) is 2.26. The smallest absolute Gasteiger partial charge is 0.263 e. The number of aryl methyl sites for hydroxylation is 1. The van der Waals surface area contributed by atoms with E-state index in [0.717, 1.165) is 21.7 Å². The molecule has 0 aliphatic heterocycles. The van der Waals surface area contributed by atoms with Crippen LogP contribution in [0.25, 0.3) is 11.1 Å². The molecule has 0 atom stereocenters. The van der Waals surface area contributed by atoms with Crippen LogP contribution in [0.5, 0.6) is 0 Å². The SMILES string of the molecule is Cc1nc(N)c(C)c(Sc2nc3ccccc3o2)n1. The lowest BCUT2D eigenvalue weighted by Gasteiger charge is -2.05. The zero-order valence-electron chi connectivity index (χ0n) is 10.5. The summed E-state index contributed by atoms with van der Waals surface area (Å²) in [6, 6.07) is 7.64. The van der Waals surface area contributed by atoms with Crippen LogP contribution in [0.3, 0.4) is 0 Å². The molecule has 0 saturated heterocycles. The molecule has 0 spiro atoms. The van der Waals surface area contributed by atoms with E-state index in [1.807, 2.05) is 38.1 Å². The molecule has 0 aliphatic rings. The molecule has 0 amide bonds. The van der Waals surface area contributed by atoms with Gasteiger partial charge < -0.3 is 10.2 Å². The van der Waals surface area contributed by atoms with Crippen LogP contribution < -0.4 is 5.73 Å². The maximum Gasteiger partial charge on any atom is 0.263 e. The molecule has 1 aromatic carbocycles. The quantitative estimate of drug-likeness (QED) is 0.723. The van der Waals surface area contributed by atoms with Crippen LogP contribution in [0.1, 0.15) is 11.4 Å². The summed E-state index contributed by atoms with van der Waals surface area (Å²) in [6.07, 6.45) is 0. The summed E-state index contributed by atoms with van der Waals surface area (Å²) in [5, 5.41) is 1.33. The molecule has 0 radical (unpaired) electrons. The van der Waals surface area contributed by atoms with Gasteiger partial charge in [-0.3, -0.25) is 0 Å². The fourth-order valence-corrected chi connectivity index (χ4v) is 2.58.